The molecule has 0 aliphatic rings. The summed E-state index contributed by atoms with van der Waals surface area (Å²) in [5.41, 5.74) is 0. The van der Waals surface area contributed by atoms with Crippen molar-refractivity contribution in [1.29, 1.82) is 0 Å². The topological polar surface area (TPSA) is 78.9 Å². The first-order chi connectivity index (χ1) is 21.9. The minimum atomic E-state index is -4.83. The number of hydrogen-bond donors (Lipinski definition) is 0. The van der Waals surface area contributed by atoms with Crippen molar-refractivity contribution in [2.45, 2.75) is 225 Å². The van der Waals surface area contributed by atoms with Crippen LogP contribution in [0.25, 0.3) is 0 Å². The molecular formula is C38H74O6Sn. The zero-order valence-corrected chi connectivity index (χ0v) is 33.2. The summed E-state index contributed by atoms with van der Waals surface area (Å²) in [6.07, 6.45) is 30.4. The molecule has 0 aromatic heterocycles. The van der Waals surface area contributed by atoms with Gasteiger partial charge in [-0.1, -0.05) is 0 Å². The molecule has 0 heterocycles. The molecule has 0 aromatic carbocycles. The Balaban J connectivity index is 5.34. The molecule has 0 spiro atoms. The molecule has 0 N–H and O–H groups in total. The molecule has 0 rings (SSSR count). The fourth-order valence-electron chi connectivity index (χ4n) is 5.69. The molecule has 0 aliphatic heterocycles. The molecule has 0 amide bonds. The quantitative estimate of drug-likeness (QED) is 0.0482. The summed E-state index contributed by atoms with van der Waals surface area (Å²) in [7, 11) is 0. The van der Waals surface area contributed by atoms with Crippen molar-refractivity contribution < 1.29 is 23.6 Å². The first-order valence-corrected chi connectivity index (χ1v) is 25.1. The van der Waals surface area contributed by atoms with E-state index in [-0.39, 0.29) is 37.2 Å². The Morgan fingerprint density at radius 3 is 0.822 bits per heavy atom. The van der Waals surface area contributed by atoms with Crippen LogP contribution >= 0.6 is 0 Å². The van der Waals surface area contributed by atoms with E-state index >= 15 is 0 Å². The molecule has 0 atom stereocenters. The Labute approximate surface area is 284 Å². The van der Waals surface area contributed by atoms with Crippen LogP contribution in [0, 0.1) is 0 Å². The van der Waals surface area contributed by atoms with Gasteiger partial charge in [-0.15, -0.1) is 0 Å². The summed E-state index contributed by atoms with van der Waals surface area (Å²) in [6, 6.07) is 0. The van der Waals surface area contributed by atoms with Gasteiger partial charge >= 0.3 is 286 Å². The van der Waals surface area contributed by atoms with Crippen molar-refractivity contribution >= 4 is 37.5 Å². The Morgan fingerprint density at radius 2 is 0.556 bits per heavy atom. The third kappa shape index (κ3) is 29.1. The van der Waals surface area contributed by atoms with Gasteiger partial charge in [-0.25, -0.2) is 0 Å². The van der Waals surface area contributed by atoms with E-state index in [1.807, 2.05) is 0 Å². The molecule has 0 radical (unpaired) electrons. The Bertz CT molecular complexity index is 619. The van der Waals surface area contributed by atoms with Crippen molar-refractivity contribution in [3.05, 3.63) is 0 Å². The zero-order valence-electron chi connectivity index (χ0n) is 30.4. The number of hydrogen-bond acceptors (Lipinski definition) is 6. The first-order valence-electron chi connectivity index (χ1n) is 19.6. The number of carbonyl (C=O) groups excluding carboxylic acids is 3. The van der Waals surface area contributed by atoms with Gasteiger partial charge in [0, 0.05) is 0 Å². The predicted octanol–water partition coefficient (Wildman–Crippen LogP) is 12.3. The van der Waals surface area contributed by atoms with Gasteiger partial charge in [0.1, 0.15) is 0 Å². The summed E-state index contributed by atoms with van der Waals surface area (Å²) < 4.78 is 18.6. The monoisotopic (exact) mass is 746 g/mol. The zero-order chi connectivity index (χ0) is 33.3. The van der Waals surface area contributed by atoms with E-state index in [0.29, 0.717) is 4.44 Å². The third-order valence-electron chi connectivity index (χ3n) is 8.60. The average molecular weight is 746 g/mol. The summed E-state index contributed by atoms with van der Waals surface area (Å²) in [4.78, 5) is 39.4. The van der Waals surface area contributed by atoms with Gasteiger partial charge in [0.25, 0.3) is 0 Å². The molecule has 0 aliphatic carbocycles. The van der Waals surface area contributed by atoms with E-state index in [1.165, 1.54) is 89.9 Å². The maximum absolute atomic E-state index is 13.1. The fourth-order valence-corrected chi connectivity index (χ4v) is 12.7. The molecule has 7 heteroatoms. The van der Waals surface area contributed by atoms with Crippen LogP contribution in [0.5, 0.6) is 0 Å². The van der Waals surface area contributed by atoms with E-state index in [4.69, 9.17) is 9.22 Å². The second-order valence-electron chi connectivity index (χ2n) is 13.2. The Hall–Kier alpha value is -0.791. The van der Waals surface area contributed by atoms with Gasteiger partial charge in [0.2, 0.25) is 0 Å². The summed E-state index contributed by atoms with van der Waals surface area (Å²) in [5, 5.41) is 0. The molecule has 0 aromatic rings. The molecule has 6 nitrogen and oxygen atoms in total. The summed E-state index contributed by atoms with van der Waals surface area (Å²) >= 11 is -4.83. The van der Waals surface area contributed by atoms with Crippen molar-refractivity contribution in [3.63, 3.8) is 0 Å². The van der Waals surface area contributed by atoms with Gasteiger partial charge in [-0.2, -0.15) is 0 Å². The molecule has 0 fully saturated rings. The average Bonchev–Trinajstić information content (AvgIpc) is 3.01. The standard InChI is InChI=1S/3C10H20O2.C8H17.Sn/c3*1-2-3-4-5-6-7-8-9-10(11)12;1-3-5-7-8-6-4-2;/h3*2-9H2,1H3,(H,11,12);1,3-8H2,2H3;/q;;;;+3/p-3. The molecule has 0 saturated heterocycles. The van der Waals surface area contributed by atoms with Crippen LogP contribution in [0.4, 0.5) is 0 Å². The van der Waals surface area contributed by atoms with Gasteiger partial charge < -0.3 is 0 Å². The van der Waals surface area contributed by atoms with Crippen LogP contribution in [0.1, 0.15) is 220 Å². The van der Waals surface area contributed by atoms with E-state index in [9.17, 15) is 14.4 Å². The van der Waals surface area contributed by atoms with Crippen LogP contribution in [-0.2, 0) is 23.6 Å². The van der Waals surface area contributed by atoms with Crippen LogP contribution in [0.15, 0.2) is 0 Å². The first kappa shape index (κ1) is 44.2. The van der Waals surface area contributed by atoms with E-state index in [2.05, 4.69) is 27.7 Å². The van der Waals surface area contributed by atoms with Crippen LogP contribution in [0.2, 0.25) is 4.44 Å². The van der Waals surface area contributed by atoms with E-state index < -0.39 is 19.6 Å². The van der Waals surface area contributed by atoms with Crippen molar-refractivity contribution in [3.8, 4) is 0 Å². The summed E-state index contributed by atoms with van der Waals surface area (Å²) in [5.74, 6) is -1.09. The van der Waals surface area contributed by atoms with Crippen molar-refractivity contribution in [2.75, 3.05) is 0 Å². The number of unbranched alkanes of at least 4 members (excludes halogenated alkanes) is 23. The second kappa shape index (κ2) is 33.1. The second-order valence-corrected chi connectivity index (χ2v) is 20.3. The van der Waals surface area contributed by atoms with Gasteiger partial charge in [0.05, 0.1) is 0 Å². The van der Waals surface area contributed by atoms with Crippen LogP contribution in [0.3, 0.4) is 0 Å². The molecule has 0 bridgehead atoms. The fraction of sp³-hybridized carbons (Fsp3) is 0.921. The number of carbonyl (C=O) groups is 3. The predicted molar refractivity (Wildman–Crippen MR) is 190 cm³/mol. The van der Waals surface area contributed by atoms with E-state index in [0.717, 1.165) is 83.5 Å². The third-order valence-corrected chi connectivity index (χ3v) is 16.0. The Morgan fingerprint density at radius 1 is 0.333 bits per heavy atom. The van der Waals surface area contributed by atoms with Gasteiger partial charge in [0.15, 0.2) is 0 Å². The molecule has 0 unspecified atom stereocenters. The minimum absolute atomic E-state index is 0.285. The van der Waals surface area contributed by atoms with Crippen LogP contribution in [-0.4, -0.2) is 37.5 Å². The van der Waals surface area contributed by atoms with Crippen molar-refractivity contribution in [1.82, 2.24) is 0 Å². The normalized spacial score (nSPS) is 11.5. The maximum atomic E-state index is 13.1. The van der Waals surface area contributed by atoms with Gasteiger partial charge in [-0.3, -0.25) is 0 Å². The van der Waals surface area contributed by atoms with Crippen molar-refractivity contribution in [2.24, 2.45) is 0 Å². The SMILES string of the molecule is CCCCCCCCCC(=O)[O][Sn]([CH2]CCCCCCC)([O]C(=O)CCCCCCCCC)[O]C(=O)CCCCCCCCC. The van der Waals surface area contributed by atoms with Crippen LogP contribution < -0.4 is 0 Å². The molecular weight excluding hydrogens is 671 g/mol. The molecule has 45 heavy (non-hydrogen) atoms. The summed E-state index contributed by atoms with van der Waals surface area (Å²) in [6.45, 7) is 8.83. The molecule has 266 valence electrons. The van der Waals surface area contributed by atoms with E-state index in [1.54, 1.807) is 0 Å². The molecule has 0 saturated carbocycles. The Kier molecular flexibility index (Phi) is 32.5. The number of rotatable bonds is 34. The van der Waals surface area contributed by atoms with Gasteiger partial charge in [-0.05, 0) is 0 Å².